The first-order chi connectivity index (χ1) is 6.24. The topological polar surface area (TPSA) is 69.9 Å². The van der Waals surface area contributed by atoms with Crippen LogP contribution >= 0.6 is 0 Å². The Balaban J connectivity index is 3.68. The monoisotopic (exact) mass is 192 g/mol. The molecule has 80 valence electrons. The average Bonchev–Trinajstić information content (AvgIpc) is 2.20. The van der Waals surface area contributed by atoms with E-state index in [0.29, 0.717) is 19.6 Å². The van der Waals surface area contributed by atoms with Gasteiger partial charge in [0.05, 0.1) is 19.8 Å². The van der Waals surface area contributed by atoms with Crippen molar-refractivity contribution in [1.82, 2.24) is 0 Å². The van der Waals surface area contributed by atoms with Crippen molar-refractivity contribution in [2.45, 2.75) is 19.8 Å². The zero-order valence-electron chi connectivity index (χ0n) is 8.20. The van der Waals surface area contributed by atoms with Gasteiger partial charge in [-0.15, -0.1) is 0 Å². The lowest BCUT2D eigenvalue weighted by atomic mass is 9.88. The molecule has 4 heteroatoms. The Morgan fingerprint density at radius 3 is 1.92 bits per heavy atom. The maximum absolute atomic E-state index is 8.96. The van der Waals surface area contributed by atoms with Crippen LogP contribution in [0.2, 0.25) is 0 Å². The van der Waals surface area contributed by atoms with Gasteiger partial charge in [-0.3, -0.25) is 0 Å². The van der Waals surface area contributed by atoms with Gasteiger partial charge in [-0.1, -0.05) is 6.92 Å². The van der Waals surface area contributed by atoms with Crippen LogP contribution in [0.1, 0.15) is 19.8 Å². The molecular formula is C9H20O4. The molecule has 0 rings (SSSR count). The SMILES string of the molecule is CCCOCCC(CO)(CO)CO. The number of rotatable bonds is 8. The van der Waals surface area contributed by atoms with E-state index in [-0.39, 0.29) is 19.8 Å². The summed E-state index contributed by atoms with van der Waals surface area (Å²) in [7, 11) is 0. The fourth-order valence-electron chi connectivity index (χ4n) is 0.922. The van der Waals surface area contributed by atoms with Gasteiger partial charge in [0.2, 0.25) is 0 Å². The van der Waals surface area contributed by atoms with Crippen molar-refractivity contribution in [3.8, 4) is 0 Å². The molecule has 0 heterocycles. The van der Waals surface area contributed by atoms with Crippen molar-refractivity contribution < 1.29 is 20.1 Å². The van der Waals surface area contributed by atoms with Gasteiger partial charge in [0.15, 0.2) is 0 Å². The lowest BCUT2D eigenvalue weighted by Crippen LogP contribution is -2.35. The highest BCUT2D eigenvalue weighted by molar-refractivity contribution is 4.76. The van der Waals surface area contributed by atoms with Crippen LogP contribution in [0, 0.1) is 5.41 Å². The zero-order valence-corrected chi connectivity index (χ0v) is 8.20. The van der Waals surface area contributed by atoms with Crippen LogP contribution < -0.4 is 0 Å². The molecule has 0 unspecified atom stereocenters. The minimum absolute atomic E-state index is 0.213. The van der Waals surface area contributed by atoms with Crippen molar-refractivity contribution >= 4 is 0 Å². The smallest absolute Gasteiger partial charge is 0.0532 e. The molecule has 0 amide bonds. The van der Waals surface area contributed by atoms with E-state index in [1.807, 2.05) is 6.92 Å². The van der Waals surface area contributed by atoms with Crippen LogP contribution in [0.3, 0.4) is 0 Å². The van der Waals surface area contributed by atoms with Gasteiger partial charge >= 0.3 is 0 Å². The molecule has 0 spiro atoms. The van der Waals surface area contributed by atoms with Crippen molar-refractivity contribution in [2.75, 3.05) is 33.0 Å². The molecule has 0 saturated carbocycles. The molecular weight excluding hydrogens is 172 g/mol. The highest BCUT2D eigenvalue weighted by Crippen LogP contribution is 2.19. The molecule has 0 radical (unpaired) electrons. The second-order valence-electron chi connectivity index (χ2n) is 3.34. The summed E-state index contributed by atoms with van der Waals surface area (Å²) in [5.74, 6) is 0. The summed E-state index contributed by atoms with van der Waals surface area (Å²) in [4.78, 5) is 0. The van der Waals surface area contributed by atoms with E-state index in [2.05, 4.69) is 0 Å². The standard InChI is InChI=1S/C9H20O4/c1-2-4-13-5-3-9(6-10,7-11)8-12/h10-12H,2-8H2,1H3. The molecule has 13 heavy (non-hydrogen) atoms. The Morgan fingerprint density at radius 2 is 1.54 bits per heavy atom. The molecule has 0 aliphatic rings. The molecule has 0 bridgehead atoms. The lowest BCUT2D eigenvalue weighted by Gasteiger charge is -2.26. The first-order valence-electron chi connectivity index (χ1n) is 4.65. The average molecular weight is 192 g/mol. The Morgan fingerprint density at radius 1 is 1.00 bits per heavy atom. The lowest BCUT2D eigenvalue weighted by molar-refractivity contribution is -0.0210. The molecule has 0 aromatic rings. The number of hydrogen-bond donors (Lipinski definition) is 3. The molecule has 0 aliphatic carbocycles. The highest BCUT2D eigenvalue weighted by atomic mass is 16.5. The fourth-order valence-corrected chi connectivity index (χ4v) is 0.922. The predicted octanol–water partition coefficient (Wildman–Crippen LogP) is -0.234. The summed E-state index contributed by atoms with van der Waals surface area (Å²) < 4.78 is 5.21. The van der Waals surface area contributed by atoms with Gasteiger partial charge in [0.1, 0.15) is 0 Å². The summed E-state index contributed by atoms with van der Waals surface area (Å²) in [5.41, 5.74) is -0.784. The molecule has 0 atom stereocenters. The van der Waals surface area contributed by atoms with Gasteiger partial charge in [0, 0.05) is 18.6 Å². The Hall–Kier alpha value is -0.160. The molecule has 4 nitrogen and oxygen atoms in total. The number of aliphatic hydroxyl groups excluding tert-OH is 3. The third-order valence-corrected chi connectivity index (χ3v) is 2.13. The van der Waals surface area contributed by atoms with Crippen LogP contribution in [-0.4, -0.2) is 48.4 Å². The fraction of sp³-hybridized carbons (Fsp3) is 1.00. The maximum Gasteiger partial charge on any atom is 0.0532 e. The first kappa shape index (κ1) is 12.8. The van der Waals surface area contributed by atoms with E-state index < -0.39 is 5.41 Å². The Kier molecular flexibility index (Phi) is 7.17. The predicted molar refractivity (Wildman–Crippen MR) is 49.4 cm³/mol. The largest absolute Gasteiger partial charge is 0.396 e. The summed E-state index contributed by atoms with van der Waals surface area (Å²) in [6.07, 6.45) is 1.43. The maximum atomic E-state index is 8.96. The quantitative estimate of drug-likeness (QED) is 0.464. The van der Waals surface area contributed by atoms with Gasteiger partial charge in [-0.05, 0) is 12.8 Å². The molecule has 3 N–H and O–H groups in total. The summed E-state index contributed by atoms with van der Waals surface area (Å²) >= 11 is 0. The van der Waals surface area contributed by atoms with Gasteiger partial charge in [0.25, 0.3) is 0 Å². The minimum Gasteiger partial charge on any atom is -0.396 e. The Bertz CT molecular complexity index is 104. The van der Waals surface area contributed by atoms with Gasteiger partial charge < -0.3 is 20.1 Å². The third-order valence-electron chi connectivity index (χ3n) is 2.13. The minimum atomic E-state index is -0.784. The Labute approximate surface area is 79.2 Å². The van der Waals surface area contributed by atoms with Gasteiger partial charge in [-0.25, -0.2) is 0 Å². The van der Waals surface area contributed by atoms with E-state index in [1.165, 1.54) is 0 Å². The van der Waals surface area contributed by atoms with Gasteiger partial charge in [-0.2, -0.15) is 0 Å². The summed E-state index contributed by atoms with van der Waals surface area (Å²) in [6.45, 7) is 2.52. The van der Waals surface area contributed by atoms with E-state index in [1.54, 1.807) is 0 Å². The van der Waals surface area contributed by atoms with E-state index in [0.717, 1.165) is 6.42 Å². The van der Waals surface area contributed by atoms with Crippen LogP contribution in [0.15, 0.2) is 0 Å². The van der Waals surface area contributed by atoms with Crippen molar-refractivity contribution in [3.63, 3.8) is 0 Å². The normalized spacial score (nSPS) is 12.0. The molecule has 0 aromatic heterocycles. The van der Waals surface area contributed by atoms with Crippen LogP contribution in [-0.2, 0) is 4.74 Å². The number of aliphatic hydroxyl groups is 3. The van der Waals surface area contributed by atoms with Crippen molar-refractivity contribution in [3.05, 3.63) is 0 Å². The first-order valence-corrected chi connectivity index (χ1v) is 4.65. The van der Waals surface area contributed by atoms with E-state index in [9.17, 15) is 0 Å². The second-order valence-corrected chi connectivity index (χ2v) is 3.34. The molecule has 0 aliphatic heterocycles. The summed E-state index contributed by atoms with van der Waals surface area (Å²) in [6, 6.07) is 0. The molecule has 0 fully saturated rings. The van der Waals surface area contributed by atoms with Crippen LogP contribution in [0.5, 0.6) is 0 Å². The zero-order chi connectivity index (χ0) is 10.2. The van der Waals surface area contributed by atoms with Crippen LogP contribution in [0.4, 0.5) is 0 Å². The number of ether oxygens (including phenoxy) is 1. The summed E-state index contributed by atoms with van der Waals surface area (Å²) in [5, 5.41) is 26.9. The van der Waals surface area contributed by atoms with Crippen molar-refractivity contribution in [2.24, 2.45) is 5.41 Å². The molecule has 0 saturated heterocycles. The number of hydrogen-bond acceptors (Lipinski definition) is 4. The molecule has 0 aromatic carbocycles. The highest BCUT2D eigenvalue weighted by Gasteiger charge is 2.27. The third kappa shape index (κ3) is 4.57. The van der Waals surface area contributed by atoms with E-state index in [4.69, 9.17) is 20.1 Å². The van der Waals surface area contributed by atoms with E-state index >= 15 is 0 Å². The van der Waals surface area contributed by atoms with Crippen LogP contribution in [0.25, 0.3) is 0 Å². The second kappa shape index (κ2) is 7.26. The van der Waals surface area contributed by atoms with Crippen molar-refractivity contribution in [1.29, 1.82) is 0 Å².